The first kappa shape index (κ1) is 10.9. The highest BCUT2D eigenvalue weighted by Crippen LogP contribution is 2.17. The van der Waals surface area contributed by atoms with Crippen molar-refractivity contribution in [3.63, 3.8) is 0 Å². The van der Waals surface area contributed by atoms with Crippen LogP contribution in [0.25, 0.3) is 0 Å². The molecule has 16 heavy (non-hydrogen) atoms. The number of rotatable bonds is 2. The number of carbonyl (C=O) groups is 1. The maximum absolute atomic E-state index is 11.7. The third kappa shape index (κ3) is 2.14. The van der Waals surface area contributed by atoms with Gasteiger partial charge in [-0.2, -0.15) is 0 Å². The van der Waals surface area contributed by atoms with Gasteiger partial charge in [0.1, 0.15) is 0 Å². The highest BCUT2D eigenvalue weighted by atomic mass is 16.2. The summed E-state index contributed by atoms with van der Waals surface area (Å²) in [7, 11) is 1.65. The number of pyridine rings is 1. The molecule has 86 valence electrons. The maximum atomic E-state index is 11.7. The topological polar surface area (TPSA) is 77.1 Å². The van der Waals surface area contributed by atoms with E-state index in [1.165, 1.54) is 10.6 Å². The average Bonchev–Trinajstić information content (AvgIpc) is 2.19. The van der Waals surface area contributed by atoms with Gasteiger partial charge in [-0.05, 0) is 18.9 Å². The second-order valence-corrected chi connectivity index (χ2v) is 4.27. The molecule has 1 fully saturated rings. The third-order valence-corrected chi connectivity index (χ3v) is 2.88. The van der Waals surface area contributed by atoms with Crippen LogP contribution in [-0.4, -0.2) is 22.6 Å². The van der Waals surface area contributed by atoms with Crippen LogP contribution in [0.15, 0.2) is 23.1 Å². The Balaban J connectivity index is 2.03. The van der Waals surface area contributed by atoms with E-state index >= 15 is 0 Å². The molecule has 0 unspecified atom stereocenters. The molecule has 1 saturated carbocycles. The Kier molecular flexibility index (Phi) is 2.78. The lowest BCUT2D eigenvalue weighted by atomic mass is 9.87. The van der Waals surface area contributed by atoms with Gasteiger partial charge in [-0.25, -0.2) is 0 Å². The van der Waals surface area contributed by atoms with E-state index in [1.54, 1.807) is 19.3 Å². The van der Waals surface area contributed by atoms with Crippen LogP contribution in [0.2, 0.25) is 0 Å². The first-order valence-electron chi connectivity index (χ1n) is 5.29. The van der Waals surface area contributed by atoms with E-state index in [1.807, 2.05) is 0 Å². The molecule has 0 radical (unpaired) electrons. The van der Waals surface area contributed by atoms with Gasteiger partial charge in [-0.15, -0.1) is 0 Å². The standard InChI is InChI=1S/C11H15N3O2/c1-14-3-2-7(4-10(14)15)11(16)13-9-5-8(12)6-9/h2-4,8-9H,5-6,12H2,1H3,(H,13,16). The minimum Gasteiger partial charge on any atom is -0.349 e. The van der Waals surface area contributed by atoms with Crippen molar-refractivity contribution < 1.29 is 4.79 Å². The van der Waals surface area contributed by atoms with Crippen molar-refractivity contribution in [1.29, 1.82) is 0 Å². The van der Waals surface area contributed by atoms with Gasteiger partial charge in [0.15, 0.2) is 0 Å². The van der Waals surface area contributed by atoms with Gasteiger partial charge in [-0.1, -0.05) is 0 Å². The van der Waals surface area contributed by atoms with E-state index in [4.69, 9.17) is 5.73 Å². The second-order valence-electron chi connectivity index (χ2n) is 4.27. The molecule has 1 aromatic heterocycles. The Labute approximate surface area is 93.3 Å². The fraction of sp³-hybridized carbons (Fsp3) is 0.455. The molecular weight excluding hydrogens is 206 g/mol. The minimum absolute atomic E-state index is 0.159. The molecule has 5 heteroatoms. The monoisotopic (exact) mass is 221 g/mol. The van der Waals surface area contributed by atoms with Crippen LogP contribution in [0.1, 0.15) is 23.2 Å². The van der Waals surface area contributed by atoms with Gasteiger partial charge in [0.2, 0.25) is 0 Å². The zero-order valence-corrected chi connectivity index (χ0v) is 9.14. The summed E-state index contributed by atoms with van der Waals surface area (Å²) in [5.41, 5.74) is 5.85. The van der Waals surface area contributed by atoms with Crippen molar-refractivity contribution in [3.8, 4) is 0 Å². The number of aryl methyl sites for hydroxylation is 1. The molecule has 0 atom stereocenters. The molecule has 0 saturated heterocycles. The zero-order chi connectivity index (χ0) is 11.7. The highest BCUT2D eigenvalue weighted by molar-refractivity contribution is 5.94. The van der Waals surface area contributed by atoms with Crippen molar-refractivity contribution in [2.45, 2.75) is 24.9 Å². The third-order valence-electron chi connectivity index (χ3n) is 2.88. The van der Waals surface area contributed by atoms with Crippen molar-refractivity contribution in [3.05, 3.63) is 34.2 Å². The molecular formula is C11H15N3O2. The van der Waals surface area contributed by atoms with E-state index < -0.39 is 0 Å². The summed E-state index contributed by atoms with van der Waals surface area (Å²) in [6, 6.07) is 3.34. The second kappa shape index (κ2) is 4.09. The van der Waals surface area contributed by atoms with Gasteiger partial charge in [-0.3, -0.25) is 9.59 Å². The predicted molar refractivity (Wildman–Crippen MR) is 60.1 cm³/mol. The lowest BCUT2D eigenvalue weighted by Gasteiger charge is -2.32. The number of nitrogens with one attached hydrogen (secondary N) is 1. The minimum atomic E-state index is -0.199. The van der Waals surface area contributed by atoms with E-state index in [9.17, 15) is 9.59 Å². The Morgan fingerprint density at radius 3 is 2.81 bits per heavy atom. The van der Waals surface area contributed by atoms with Crippen molar-refractivity contribution in [1.82, 2.24) is 9.88 Å². The van der Waals surface area contributed by atoms with Gasteiger partial charge in [0.25, 0.3) is 11.5 Å². The number of hydrogen-bond donors (Lipinski definition) is 2. The number of carbonyl (C=O) groups excluding carboxylic acids is 1. The van der Waals surface area contributed by atoms with Crippen molar-refractivity contribution >= 4 is 5.91 Å². The fourth-order valence-corrected chi connectivity index (χ4v) is 1.74. The lowest BCUT2D eigenvalue weighted by Crippen LogP contribution is -2.50. The Bertz CT molecular complexity index is 461. The van der Waals surface area contributed by atoms with E-state index in [-0.39, 0.29) is 23.6 Å². The summed E-state index contributed by atoms with van der Waals surface area (Å²) in [5, 5.41) is 2.84. The van der Waals surface area contributed by atoms with Gasteiger partial charge in [0.05, 0.1) is 0 Å². The van der Waals surface area contributed by atoms with Crippen LogP contribution < -0.4 is 16.6 Å². The van der Waals surface area contributed by atoms with Crippen LogP contribution in [0.4, 0.5) is 0 Å². The Morgan fingerprint density at radius 2 is 2.25 bits per heavy atom. The molecule has 1 amide bonds. The van der Waals surface area contributed by atoms with Gasteiger partial charge >= 0.3 is 0 Å². The molecule has 0 spiro atoms. The van der Waals surface area contributed by atoms with Crippen molar-refractivity contribution in [2.75, 3.05) is 0 Å². The van der Waals surface area contributed by atoms with Crippen LogP contribution in [0.5, 0.6) is 0 Å². The molecule has 1 aliphatic rings. The quantitative estimate of drug-likeness (QED) is 0.713. The highest BCUT2D eigenvalue weighted by Gasteiger charge is 2.27. The van der Waals surface area contributed by atoms with Gasteiger partial charge in [0, 0.05) is 37.0 Å². The number of aromatic nitrogens is 1. The van der Waals surface area contributed by atoms with E-state index in [0.29, 0.717) is 5.56 Å². The summed E-state index contributed by atoms with van der Waals surface area (Å²) in [4.78, 5) is 23.0. The molecule has 5 nitrogen and oxygen atoms in total. The van der Waals surface area contributed by atoms with Gasteiger partial charge < -0.3 is 15.6 Å². The zero-order valence-electron chi connectivity index (χ0n) is 9.14. The number of nitrogens with zero attached hydrogens (tertiary/aromatic N) is 1. The molecule has 1 aromatic rings. The molecule has 0 bridgehead atoms. The van der Waals surface area contributed by atoms with E-state index in [0.717, 1.165) is 12.8 Å². The average molecular weight is 221 g/mol. The SMILES string of the molecule is Cn1ccc(C(=O)NC2CC(N)C2)cc1=O. The maximum Gasteiger partial charge on any atom is 0.251 e. The first-order chi connectivity index (χ1) is 7.56. The molecule has 0 aromatic carbocycles. The largest absolute Gasteiger partial charge is 0.349 e. The Morgan fingerprint density at radius 1 is 1.56 bits per heavy atom. The fourth-order valence-electron chi connectivity index (χ4n) is 1.74. The first-order valence-corrected chi connectivity index (χ1v) is 5.29. The number of hydrogen-bond acceptors (Lipinski definition) is 3. The molecule has 1 heterocycles. The number of nitrogens with two attached hydrogens (primary N) is 1. The van der Waals surface area contributed by atoms with E-state index in [2.05, 4.69) is 5.32 Å². The summed E-state index contributed by atoms with van der Waals surface area (Å²) in [5.74, 6) is -0.199. The molecule has 0 aliphatic heterocycles. The smallest absolute Gasteiger partial charge is 0.251 e. The molecule has 1 aliphatic carbocycles. The van der Waals surface area contributed by atoms with Crippen LogP contribution in [0.3, 0.4) is 0 Å². The Hall–Kier alpha value is -1.62. The molecule has 2 rings (SSSR count). The summed E-state index contributed by atoms with van der Waals surface area (Å²) < 4.78 is 1.43. The summed E-state index contributed by atoms with van der Waals surface area (Å²) in [6.07, 6.45) is 3.22. The predicted octanol–water partition coefficient (Wildman–Crippen LogP) is -0.395. The van der Waals surface area contributed by atoms with Crippen LogP contribution in [0, 0.1) is 0 Å². The molecule has 3 N–H and O–H groups in total. The normalized spacial score (nSPS) is 23.6. The van der Waals surface area contributed by atoms with Crippen LogP contribution >= 0.6 is 0 Å². The van der Waals surface area contributed by atoms with Crippen molar-refractivity contribution in [2.24, 2.45) is 12.8 Å². The number of amides is 1. The van der Waals surface area contributed by atoms with Crippen LogP contribution in [-0.2, 0) is 7.05 Å². The summed E-state index contributed by atoms with van der Waals surface area (Å²) in [6.45, 7) is 0. The lowest BCUT2D eigenvalue weighted by molar-refractivity contribution is 0.0910. The summed E-state index contributed by atoms with van der Waals surface area (Å²) >= 11 is 0.